The van der Waals surface area contributed by atoms with Crippen molar-refractivity contribution in [3.63, 3.8) is 0 Å². The van der Waals surface area contributed by atoms with Gasteiger partial charge in [0.2, 0.25) is 0 Å². The summed E-state index contributed by atoms with van der Waals surface area (Å²) in [4.78, 5) is 8.14. The quantitative estimate of drug-likeness (QED) is 0.468. The first-order chi connectivity index (χ1) is 5.43. The molecule has 0 radical (unpaired) electrons. The van der Waals surface area contributed by atoms with E-state index in [2.05, 4.69) is 9.98 Å². The van der Waals surface area contributed by atoms with Crippen LogP contribution in [0.2, 0.25) is 0 Å². The van der Waals surface area contributed by atoms with Crippen LogP contribution in [0.3, 0.4) is 0 Å². The van der Waals surface area contributed by atoms with E-state index in [0.29, 0.717) is 11.7 Å². The number of amidine groups is 2. The Kier molecular flexibility index (Phi) is 4.33. The van der Waals surface area contributed by atoms with Gasteiger partial charge in [-0.15, -0.1) is 0 Å². The Bertz CT molecular complexity index is 169. The third-order valence-electron chi connectivity index (χ3n) is 1.06. The Morgan fingerprint density at radius 1 is 0.833 bits per heavy atom. The Morgan fingerprint density at radius 3 is 1.25 bits per heavy atom. The minimum absolute atomic E-state index is 0.158. The highest BCUT2D eigenvalue weighted by molar-refractivity contribution is 6.39. The van der Waals surface area contributed by atoms with E-state index in [1.54, 1.807) is 0 Å². The van der Waals surface area contributed by atoms with E-state index in [-0.39, 0.29) is 12.1 Å². The summed E-state index contributed by atoms with van der Waals surface area (Å²) in [6.45, 7) is 7.76. The summed E-state index contributed by atoms with van der Waals surface area (Å²) < 4.78 is 0. The van der Waals surface area contributed by atoms with Crippen molar-refractivity contribution in [1.82, 2.24) is 0 Å². The van der Waals surface area contributed by atoms with E-state index in [1.807, 2.05) is 27.7 Å². The SMILES string of the molecule is CC(C)N=C(N)C(N)=NC(C)C. The van der Waals surface area contributed by atoms with Crippen molar-refractivity contribution < 1.29 is 0 Å². The number of nitrogens with two attached hydrogens (primary N) is 2. The van der Waals surface area contributed by atoms with Crippen molar-refractivity contribution in [3.05, 3.63) is 0 Å². The van der Waals surface area contributed by atoms with Gasteiger partial charge in [-0.3, -0.25) is 9.98 Å². The van der Waals surface area contributed by atoms with Crippen LogP contribution in [0.1, 0.15) is 27.7 Å². The zero-order chi connectivity index (χ0) is 9.72. The summed E-state index contributed by atoms with van der Waals surface area (Å²) in [5.41, 5.74) is 11.1. The van der Waals surface area contributed by atoms with Gasteiger partial charge in [0.1, 0.15) is 0 Å². The Morgan fingerprint density at radius 2 is 1.08 bits per heavy atom. The second-order valence-electron chi connectivity index (χ2n) is 3.22. The molecule has 0 fully saturated rings. The van der Waals surface area contributed by atoms with E-state index in [4.69, 9.17) is 11.5 Å². The van der Waals surface area contributed by atoms with Crippen molar-refractivity contribution in [1.29, 1.82) is 0 Å². The molecule has 0 aliphatic carbocycles. The van der Waals surface area contributed by atoms with Crippen molar-refractivity contribution in [2.24, 2.45) is 21.5 Å². The first-order valence-corrected chi connectivity index (χ1v) is 4.10. The molecule has 0 bridgehead atoms. The minimum atomic E-state index is 0.158. The van der Waals surface area contributed by atoms with Gasteiger partial charge >= 0.3 is 0 Å². The molecular formula is C8H18N4. The van der Waals surface area contributed by atoms with Crippen molar-refractivity contribution in [2.75, 3.05) is 0 Å². The Balaban J connectivity index is 4.38. The molecule has 0 aromatic carbocycles. The van der Waals surface area contributed by atoms with Gasteiger partial charge in [0.25, 0.3) is 0 Å². The van der Waals surface area contributed by atoms with Gasteiger partial charge < -0.3 is 11.5 Å². The molecule has 4 heteroatoms. The van der Waals surface area contributed by atoms with E-state index in [9.17, 15) is 0 Å². The van der Waals surface area contributed by atoms with Crippen LogP contribution in [0.5, 0.6) is 0 Å². The lowest BCUT2D eigenvalue weighted by Gasteiger charge is -2.03. The Hall–Kier alpha value is -1.06. The lowest BCUT2D eigenvalue weighted by molar-refractivity contribution is 0.826. The fourth-order valence-corrected chi connectivity index (χ4v) is 0.689. The molecule has 0 amide bonds. The van der Waals surface area contributed by atoms with Gasteiger partial charge in [0.15, 0.2) is 11.7 Å². The van der Waals surface area contributed by atoms with Gasteiger partial charge in [-0.25, -0.2) is 0 Å². The van der Waals surface area contributed by atoms with Gasteiger partial charge in [-0.2, -0.15) is 0 Å². The van der Waals surface area contributed by atoms with Crippen LogP contribution in [-0.4, -0.2) is 23.8 Å². The standard InChI is InChI=1S/C8H18N4/c1-5(2)11-7(9)8(10)12-6(3)4/h5-6H,1-4H3,(H2,9,11)(H2,10,12). The monoisotopic (exact) mass is 170 g/mol. The smallest absolute Gasteiger partial charge is 0.161 e. The number of hydrogen-bond donors (Lipinski definition) is 2. The molecule has 0 aromatic rings. The number of rotatable bonds is 2. The summed E-state index contributed by atoms with van der Waals surface area (Å²) in [5.74, 6) is 0.664. The van der Waals surface area contributed by atoms with E-state index >= 15 is 0 Å². The maximum absolute atomic E-state index is 5.56. The van der Waals surface area contributed by atoms with Crippen LogP contribution >= 0.6 is 0 Å². The maximum atomic E-state index is 5.56. The van der Waals surface area contributed by atoms with Crippen LogP contribution in [0.4, 0.5) is 0 Å². The summed E-state index contributed by atoms with van der Waals surface area (Å²) in [6.07, 6.45) is 0. The molecule has 0 aliphatic heterocycles. The topological polar surface area (TPSA) is 76.8 Å². The first kappa shape index (κ1) is 10.9. The van der Waals surface area contributed by atoms with Crippen LogP contribution in [0.15, 0.2) is 9.98 Å². The number of hydrogen-bond acceptors (Lipinski definition) is 2. The summed E-state index contributed by atoms with van der Waals surface area (Å²) in [5, 5.41) is 0. The average molecular weight is 170 g/mol. The highest BCUT2D eigenvalue weighted by atomic mass is 15.0. The van der Waals surface area contributed by atoms with Crippen LogP contribution in [-0.2, 0) is 0 Å². The fourth-order valence-electron chi connectivity index (χ4n) is 0.689. The highest BCUT2D eigenvalue weighted by Gasteiger charge is 2.00. The average Bonchev–Trinajstić information content (AvgIpc) is 1.84. The molecule has 4 nitrogen and oxygen atoms in total. The predicted octanol–water partition coefficient (Wildman–Crippen LogP) is 0.518. The third kappa shape index (κ3) is 4.71. The van der Waals surface area contributed by atoms with Gasteiger partial charge in [-0.05, 0) is 27.7 Å². The van der Waals surface area contributed by atoms with E-state index in [1.165, 1.54) is 0 Å². The largest absolute Gasteiger partial charge is 0.381 e. The molecule has 12 heavy (non-hydrogen) atoms. The molecule has 0 aliphatic rings. The molecule has 0 unspecified atom stereocenters. The molecule has 0 saturated heterocycles. The lowest BCUT2D eigenvalue weighted by Crippen LogP contribution is -2.33. The molecule has 0 rings (SSSR count). The molecule has 0 spiro atoms. The van der Waals surface area contributed by atoms with E-state index < -0.39 is 0 Å². The van der Waals surface area contributed by atoms with Crippen LogP contribution in [0.25, 0.3) is 0 Å². The fraction of sp³-hybridized carbons (Fsp3) is 0.750. The predicted molar refractivity (Wildman–Crippen MR) is 53.5 cm³/mol. The van der Waals surface area contributed by atoms with Crippen LogP contribution in [0, 0.1) is 0 Å². The summed E-state index contributed by atoms with van der Waals surface area (Å²) in [6, 6.07) is 0.317. The van der Waals surface area contributed by atoms with Gasteiger partial charge in [0, 0.05) is 12.1 Å². The minimum Gasteiger partial charge on any atom is -0.381 e. The molecule has 0 aromatic heterocycles. The molecule has 0 atom stereocenters. The Labute approximate surface area is 73.8 Å². The maximum Gasteiger partial charge on any atom is 0.161 e. The van der Waals surface area contributed by atoms with Crippen LogP contribution < -0.4 is 11.5 Å². The second-order valence-corrected chi connectivity index (χ2v) is 3.22. The molecule has 0 saturated carbocycles. The second kappa shape index (κ2) is 4.74. The zero-order valence-corrected chi connectivity index (χ0v) is 8.20. The number of nitrogens with zero attached hydrogens (tertiary/aromatic N) is 2. The molecule has 4 N–H and O–H groups in total. The molecule has 0 heterocycles. The number of aliphatic imine (C=N–C) groups is 2. The van der Waals surface area contributed by atoms with Crippen molar-refractivity contribution in [2.45, 2.75) is 39.8 Å². The molecular weight excluding hydrogens is 152 g/mol. The lowest BCUT2D eigenvalue weighted by atomic mass is 10.4. The summed E-state index contributed by atoms with van der Waals surface area (Å²) >= 11 is 0. The third-order valence-corrected chi connectivity index (χ3v) is 1.06. The zero-order valence-electron chi connectivity index (χ0n) is 8.20. The normalized spacial score (nSPS) is 14.5. The summed E-state index contributed by atoms with van der Waals surface area (Å²) in [7, 11) is 0. The first-order valence-electron chi connectivity index (χ1n) is 4.10. The van der Waals surface area contributed by atoms with Crippen molar-refractivity contribution >= 4 is 11.7 Å². The molecule has 70 valence electrons. The van der Waals surface area contributed by atoms with Gasteiger partial charge in [-0.1, -0.05) is 0 Å². The van der Waals surface area contributed by atoms with E-state index in [0.717, 1.165) is 0 Å². The van der Waals surface area contributed by atoms with Gasteiger partial charge in [0.05, 0.1) is 0 Å². The van der Waals surface area contributed by atoms with Crippen molar-refractivity contribution in [3.8, 4) is 0 Å². The highest BCUT2D eigenvalue weighted by Crippen LogP contribution is 1.88.